The largest absolute Gasteiger partial charge is 0.480 e. The quantitative estimate of drug-likeness (QED) is 0.543. The highest BCUT2D eigenvalue weighted by molar-refractivity contribution is 5.87. The monoisotopic (exact) mass is 322 g/mol. The van der Waals surface area contributed by atoms with Crippen LogP contribution in [0.3, 0.4) is 0 Å². The molecule has 8 heteroatoms. The predicted molar refractivity (Wildman–Crippen MR) is 79.1 cm³/mol. The van der Waals surface area contributed by atoms with Crippen molar-refractivity contribution in [1.82, 2.24) is 10.6 Å². The number of benzene rings is 1. The lowest BCUT2D eigenvalue weighted by atomic mass is 10.2. The Hall–Kier alpha value is -2.90. The minimum atomic E-state index is -1.16. The van der Waals surface area contributed by atoms with Crippen molar-refractivity contribution in [3.8, 4) is 0 Å². The normalized spacial score (nSPS) is 9.74. The van der Waals surface area contributed by atoms with Gasteiger partial charge in [-0.15, -0.1) is 0 Å². The van der Waals surface area contributed by atoms with Crippen LogP contribution in [-0.2, 0) is 30.5 Å². The van der Waals surface area contributed by atoms with Gasteiger partial charge in [-0.1, -0.05) is 30.3 Å². The molecule has 1 aromatic rings. The average Bonchev–Trinajstić information content (AvgIpc) is 2.55. The second kappa shape index (κ2) is 9.93. The summed E-state index contributed by atoms with van der Waals surface area (Å²) in [5.74, 6) is -2.79. The maximum absolute atomic E-state index is 11.5. The molecule has 3 N–H and O–H groups in total. The predicted octanol–water partition coefficient (Wildman–Crippen LogP) is -0.173. The van der Waals surface area contributed by atoms with Crippen molar-refractivity contribution in [3.05, 3.63) is 35.9 Å². The van der Waals surface area contributed by atoms with E-state index in [1.807, 2.05) is 30.3 Å². The number of hydrogen-bond donors (Lipinski definition) is 3. The number of aliphatic carboxylic acids is 1. The van der Waals surface area contributed by atoms with Gasteiger partial charge in [-0.05, 0) is 5.56 Å². The molecule has 1 rings (SSSR count). The van der Waals surface area contributed by atoms with E-state index in [1.165, 1.54) is 0 Å². The zero-order valence-electron chi connectivity index (χ0n) is 12.4. The van der Waals surface area contributed by atoms with Gasteiger partial charge >= 0.3 is 11.9 Å². The molecular weight excluding hydrogens is 304 g/mol. The number of carboxylic acids is 1. The van der Waals surface area contributed by atoms with Crippen LogP contribution < -0.4 is 10.6 Å². The first-order chi connectivity index (χ1) is 11.0. The molecular formula is C15H18N2O6. The Labute approximate surface area is 132 Å². The van der Waals surface area contributed by atoms with Crippen molar-refractivity contribution in [2.24, 2.45) is 0 Å². The van der Waals surface area contributed by atoms with Crippen LogP contribution in [0.1, 0.15) is 18.4 Å². The summed E-state index contributed by atoms with van der Waals surface area (Å²) in [7, 11) is 0. The van der Waals surface area contributed by atoms with Gasteiger partial charge in [0.05, 0.1) is 0 Å². The van der Waals surface area contributed by atoms with E-state index in [4.69, 9.17) is 9.84 Å². The van der Waals surface area contributed by atoms with E-state index in [2.05, 4.69) is 10.6 Å². The van der Waals surface area contributed by atoms with Gasteiger partial charge in [-0.2, -0.15) is 0 Å². The van der Waals surface area contributed by atoms with Crippen molar-refractivity contribution in [1.29, 1.82) is 0 Å². The van der Waals surface area contributed by atoms with Crippen molar-refractivity contribution >= 4 is 23.8 Å². The number of carbonyl (C=O) groups excluding carboxylic acids is 3. The fraction of sp³-hybridized carbons (Fsp3) is 0.333. The SMILES string of the molecule is O=C(O)CNC(=O)CCC(=O)NCC(=O)OCc1ccccc1. The van der Waals surface area contributed by atoms with Crippen LogP contribution in [-0.4, -0.2) is 41.9 Å². The molecule has 0 bridgehead atoms. The average molecular weight is 322 g/mol. The van der Waals surface area contributed by atoms with Crippen molar-refractivity contribution in [2.75, 3.05) is 13.1 Å². The standard InChI is InChI=1S/C15H18N2O6/c18-12(16-8-14(20)21)6-7-13(19)17-9-15(22)23-10-11-4-2-1-3-5-11/h1-5H,6-10H2,(H,16,18)(H,17,19)(H,20,21). The molecule has 0 aliphatic carbocycles. The Kier molecular flexibility index (Phi) is 7.84. The molecule has 0 saturated carbocycles. The number of rotatable bonds is 9. The Bertz CT molecular complexity index is 558. The van der Waals surface area contributed by atoms with Crippen LogP contribution in [0.2, 0.25) is 0 Å². The highest BCUT2D eigenvalue weighted by atomic mass is 16.5. The van der Waals surface area contributed by atoms with Crippen LogP contribution in [0.25, 0.3) is 0 Å². The molecule has 0 spiro atoms. The number of esters is 1. The minimum Gasteiger partial charge on any atom is -0.480 e. The van der Waals surface area contributed by atoms with Gasteiger partial charge in [0.1, 0.15) is 19.7 Å². The Balaban J connectivity index is 2.14. The fourth-order valence-electron chi connectivity index (χ4n) is 1.54. The van der Waals surface area contributed by atoms with E-state index < -0.39 is 30.3 Å². The molecule has 1 aromatic carbocycles. The first kappa shape index (κ1) is 18.1. The van der Waals surface area contributed by atoms with Gasteiger partial charge in [0.15, 0.2) is 0 Å². The van der Waals surface area contributed by atoms with Crippen LogP contribution >= 0.6 is 0 Å². The molecule has 0 fully saturated rings. The molecule has 0 aliphatic heterocycles. The third kappa shape index (κ3) is 8.86. The summed E-state index contributed by atoms with van der Waals surface area (Å²) in [5.41, 5.74) is 0.835. The van der Waals surface area contributed by atoms with Crippen molar-refractivity contribution in [3.63, 3.8) is 0 Å². The van der Waals surface area contributed by atoms with Crippen molar-refractivity contribution in [2.45, 2.75) is 19.4 Å². The second-order valence-electron chi connectivity index (χ2n) is 4.59. The number of amides is 2. The van der Waals surface area contributed by atoms with Crippen LogP contribution in [0, 0.1) is 0 Å². The van der Waals surface area contributed by atoms with Gasteiger partial charge in [-0.3, -0.25) is 19.2 Å². The van der Waals surface area contributed by atoms with Gasteiger partial charge in [0.25, 0.3) is 0 Å². The van der Waals surface area contributed by atoms with Gasteiger partial charge in [0, 0.05) is 12.8 Å². The number of ether oxygens (including phenoxy) is 1. The van der Waals surface area contributed by atoms with Gasteiger partial charge in [0.2, 0.25) is 11.8 Å². The lowest BCUT2D eigenvalue weighted by Gasteiger charge is -2.07. The fourth-order valence-corrected chi connectivity index (χ4v) is 1.54. The van der Waals surface area contributed by atoms with E-state index in [0.717, 1.165) is 5.56 Å². The summed E-state index contributed by atoms with van der Waals surface area (Å²) >= 11 is 0. The molecule has 2 amide bonds. The third-order valence-corrected chi connectivity index (χ3v) is 2.69. The number of carboxylic acid groups (broad SMARTS) is 1. The molecule has 0 saturated heterocycles. The summed E-state index contributed by atoms with van der Waals surface area (Å²) < 4.78 is 4.97. The van der Waals surface area contributed by atoms with Gasteiger partial charge in [-0.25, -0.2) is 0 Å². The summed E-state index contributed by atoms with van der Waals surface area (Å²) in [5, 5.41) is 12.8. The summed E-state index contributed by atoms with van der Waals surface area (Å²) in [4.78, 5) is 44.3. The molecule has 0 aromatic heterocycles. The summed E-state index contributed by atoms with van der Waals surface area (Å²) in [6.07, 6.45) is -0.296. The first-order valence-corrected chi connectivity index (χ1v) is 6.92. The highest BCUT2D eigenvalue weighted by Crippen LogP contribution is 2.00. The van der Waals surface area contributed by atoms with E-state index in [-0.39, 0.29) is 26.0 Å². The van der Waals surface area contributed by atoms with E-state index >= 15 is 0 Å². The topological polar surface area (TPSA) is 122 Å². The molecule has 0 heterocycles. The number of nitrogens with one attached hydrogen (secondary N) is 2. The Morgan fingerprint density at radius 2 is 1.48 bits per heavy atom. The second-order valence-corrected chi connectivity index (χ2v) is 4.59. The maximum Gasteiger partial charge on any atom is 0.325 e. The zero-order valence-corrected chi connectivity index (χ0v) is 12.4. The summed E-state index contributed by atoms with van der Waals surface area (Å²) in [6.45, 7) is -0.665. The summed E-state index contributed by atoms with van der Waals surface area (Å²) in [6, 6.07) is 9.10. The minimum absolute atomic E-state index is 0.118. The third-order valence-electron chi connectivity index (χ3n) is 2.69. The molecule has 0 aliphatic rings. The molecule has 8 nitrogen and oxygen atoms in total. The van der Waals surface area contributed by atoms with E-state index in [0.29, 0.717) is 0 Å². The first-order valence-electron chi connectivity index (χ1n) is 6.92. The maximum atomic E-state index is 11.5. The van der Waals surface area contributed by atoms with Gasteiger partial charge < -0.3 is 20.5 Å². The number of carbonyl (C=O) groups is 4. The Morgan fingerprint density at radius 1 is 0.913 bits per heavy atom. The molecule has 0 unspecified atom stereocenters. The highest BCUT2D eigenvalue weighted by Gasteiger charge is 2.10. The Morgan fingerprint density at radius 3 is 2.04 bits per heavy atom. The lowest BCUT2D eigenvalue weighted by molar-refractivity contribution is -0.145. The molecule has 124 valence electrons. The van der Waals surface area contributed by atoms with Crippen LogP contribution in [0.4, 0.5) is 0 Å². The number of hydrogen-bond acceptors (Lipinski definition) is 5. The van der Waals surface area contributed by atoms with Crippen LogP contribution in [0.15, 0.2) is 30.3 Å². The van der Waals surface area contributed by atoms with E-state index in [9.17, 15) is 19.2 Å². The smallest absolute Gasteiger partial charge is 0.325 e. The lowest BCUT2D eigenvalue weighted by Crippen LogP contribution is -2.33. The zero-order chi connectivity index (χ0) is 17.1. The molecule has 23 heavy (non-hydrogen) atoms. The van der Waals surface area contributed by atoms with Crippen molar-refractivity contribution < 1.29 is 29.0 Å². The molecule has 0 atom stereocenters. The van der Waals surface area contributed by atoms with E-state index in [1.54, 1.807) is 0 Å². The van der Waals surface area contributed by atoms with Crippen LogP contribution in [0.5, 0.6) is 0 Å². The molecule has 0 radical (unpaired) electrons.